The Morgan fingerprint density at radius 2 is 2.08 bits per heavy atom. The maximum Gasteiger partial charge on any atom is 0.337 e. The zero-order valence-corrected chi connectivity index (χ0v) is 15.5. The Hall–Kier alpha value is -2.14. The van der Waals surface area contributed by atoms with E-state index in [1.807, 2.05) is 0 Å². The van der Waals surface area contributed by atoms with Gasteiger partial charge in [-0.1, -0.05) is 11.6 Å². The number of aliphatic hydroxyl groups excluding tert-OH is 1. The van der Waals surface area contributed by atoms with Crippen molar-refractivity contribution in [3.8, 4) is 0 Å². The van der Waals surface area contributed by atoms with Gasteiger partial charge in [-0.05, 0) is 24.6 Å². The summed E-state index contributed by atoms with van der Waals surface area (Å²) >= 11 is 6.01. The lowest BCUT2D eigenvalue weighted by Gasteiger charge is -2.16. The molecule has 0 unspecified atom stereocenters. The van der Waals surface area contributed by atoms with Gasteiger partial charge in [-0.25, -0.2) is 4.79 Å². The number of nitrogens with one attached hydrogen (secondary N) is 1. The Kier molecular flexibility index (Phi) is 5.91. The van der Waals surface area contributed by atoms with Crippen molar-refractivity contribution in [3.05, 3.63) is 34.0 Å². The highest BCUT2D eigenvalue weighted by atomic mass is 35.5. The molecular formula is C15H17ClN2O7S. The fourth-order valence-corrected chi connectivity index (χ4v) is 3.33. The number of esters is 1. The fourth-order valence-electron chi connectivity index (χ4n) is 2.45. The van der Waals surface area contributed by atoms with Crippen LogP contribution < -0.4 is 5.32 Å². The SMILES string of the molecule is COC(=O)C1=C(Nc2cc(Cl)c(C)cc2S(=O)(=O)O)C(=O)N(CCO)C1. The predicted molar refractivity (Wildman–Crippen MR) is 92.3 cm³/mol. The van der Waals surface area contributed by atoms with Gasteiger partial charge in [-0.2, -0.15) is 8.42 Å². The molecule has 26 heavy (non-hydrogen) atoms. The third-order valence-electron chi connectivity index (χ3n) is 3.75. The minimum absolute atomic E-state index is 0.0235. The quantitative estimate of drug-likeness (QED) is 0.463. The van der Waals surface area contributed by atoms with Crippen molar-refractivity contribution >= 4 is 39.3 Å². The first-order chi connectivity index (χ1) is 12.1. The van der Waals surface area contributed by atoms with Gasteiger partial charge in [0.05, 0.1) is 31.5 Å². The molecular weight excluding hydrogens is 388 g/mol. The summed E-state index contributed by atoms with van der Waals surface area (Å²) in [6.45, 7) is 1.09. The second-order valence-electron chi connectivity index (χ2n) is 5.49. The molecule has 3 N–H and O–H groups in total. The number of hydrogen-bond donors (Lipinski definition) is 3. The number of anilines is 1. The van der Waals surface area contributed by atoms with Crippen LogP contribution in [0.3, 0.4) is 0 Å². The minimum atomic E-state index is -4.62. The first kappa shape index (κ1) is 20.2. The number of halogens is 1. The van der Waals surface area contributed by atoms with Crippen LogP contribution in [0.5, 0.6) is 0 Å². The number of carbonyl (C=O) groups excluding carboxylic acids is 2. The van der Waals surface area contributed by atoms with Crippen molar-refractivity contribution in [3.63, 3.8) is 0 Å². The largest absolute Gasteiger partial charge is 0.466 e. The van der Waals surface area contributed by atoms with Crippen LogP contribution in [0.25, 0.3) is 0 Å². The van der Waals surface area contributed by atoms with Crippen LogP contribution in [0, 0.1) is 6.92 Å². The van der Waals surface area contributed by atoms with E-state index < -0.39 is 26.9 Å². The molecule has 0 spiro atoms. The lowest BCUT2D eigenvalue weighted by molar-refractivity contribution is -0.136. The van der Waals surface area contributed by atoms with E-state index in [0.717, 1.165) is 13.2 Å². The van der Waals surface area contributed by atoms with Crippen LogP contribution >= 0.6 is 11.6 Å². The Balaban J connectivity index is 2.55. The zero-order chi connectivity index (χ0) is 19.6. The van der Waals surface area contributed by atoms with Crippen LogP contribution in [0.4, 0.5) is 5.69 Å². The molecule has 0 aromatic heterocycles. The van der Waals surface area contributed by atoms with Crippen molar-refractivity contribution in [2.75, 3.05) is 32.1 Å². The second kappa shape index (κ2) is 7.62. The van der Waals surface area contributed by atoms with Crippen LogP contribution in [-0.4, -0.2) is 61.7 Å². The van der Waals surface area contributed by atoms with Crippen LogP contribution in [0.15, 0.2) is 28.3 Å². The average Bonchev–Trinajstić information content (AvgIpc) is 2.86. The van der Waals surface area contributed by atoms with E-state index in [0.29, 0.717) is 5.56 Å². The van der Waals surface area contributed by atoms with E-state index >= 15 is 0 Å². The highest BCUT2D eigenvalue weighted by Crippen LogP contribution is 2.31. The van der Waals surface area contributed by atoms with Crippen molar-refractivity contribution in [2.24, 2.45) is 0 Å². The molecule has 0 aliphatic carbocycles. The maximum absolute atomic E-state index is 12.5. The molecule has 0 radical (unpaired) electrons. The average molecular weight is 405 g/mol. The molecule has 1 aromatic carbocycles. The van der Waals surface area contributed by atoms with Gasteiger partial charge in [-0.3, -0.25) is 9.35 Å². The highest BCUT2D eigenvalue weighted by molar-refractivity contribution is 7.86. The number of aliphatic hydroxyl groups is 1. The van der Waals surface area contributed by atoms with E-state index in [9.17, 15) is 22.6 Å². The summed E-state index contributed by atoms with van der Waals surface area (Å²) < 4.78 is 37.4. The number of rotatable bonds is 6. The van der Waals surface area contributed by atoms with Crippen molar-refractivity contribution in [1.29, 1.82) is 0 Å². The Morgan fingerprint density at radius 3 is 2.62 bits per heavy atom. The second-order valence-corrected chi connectivity index (χ2v) is 7.29. The van der Waals surface area contributed by atoms with Gasteiger partial charge < -0.3 is 20.1 Å². The molecule has 1 aliphatic rings. The molecule has 1 amide bonds. The molecule has 1 aromatic rings. The molecule has 1 aliphatic heterocycles. The summed E-state index contributed by atoms with van der Waals surface area (Å²) in [6.07, 6.45) is 0. The molecule has 0 saturated heterocycles. The lowest BCUT2D eigenvalue weighted by atomic mass is 10.2. The van der Waals surface area contributed by atoms with E-state index in [1.165, 1.54) is 11.0 Å². The van der Waals surface area contributed by atoms with Gasteiger partial charge in [0.25, 0.3) is 16.0 Å². The summed E-state index contributed by atoms with van der Waals surface area (Å²) in [5.41, 5.74) is -0.0237. The summed E-state index contributed by atoms with van der Waals surface area (Å²) in [5.74, 6) is -1.41. The summed E-state index contributed by atoms with van der Waals surface area (Å²) in [6, 6.07) is 2.37. The summed E-state index contributed by atoms with van der Waals surface area (Å²) in [4.78, 5) is 25.1. The molecule has 1 heterocycles. The molecule has 9 nitrogen and oxygen atoms in total. The molecule has 0 bridgehead atoms. The normalized spacial score (nSPS) is 14.8. The monoisotopic (exact) mass is 404 g/mol. The lowest BCUT2D eigenvalue weighted by Crippen LogP contribution is -2.31. The van der Waals surface area contributed by atoms with E-state index in [-0.39, 0.29) is 41.7 Å². The van der Waals surface area contributed by atoms with Crippen LogP contribution in [-0.2, 0) is 24.4 Å². The number of amides is 1. The van der Waals surface area contributed by atoms with Crippen molar-refractivity contribution < 1.29 is 32.4 Å². The number of methoxy groups -OCH3 is 1. The fraction of sp³-hybridized carbons (Fsp3) is 0.333. The standard InChI is InChI=1S/C15H17ClN2O7S/c1-8-5-12(26(22,23)24)11(6-10(8)16)17-13-9(15(21)25-2)7-18(3-4-19)14(13)20/h5-6,17,19H,3-4,7H2,1-2H3,(H,22,23,24). The van der Waals surface area contributed by atoms with E-state index in [4.69, 9.17) is 16.7 Å². The summed E-state index contributed by atoms with van der Waals surface area (Å²) in [5, 5.41) is 11.8. The first-order valence-electron chi connectivity index (χ1n) is 7.36. The molecule has 0 atom stereocenters. The van der Waals surface area contributed by atoms with Gasteiger partial charge in [0.1, 0.15) is 10.6 Å². The van der Waals surface area contributed by atoms with Crippen molar-refractivity contribution in [1.82, 2.24) is 4.90 Å². The van der Waals surface area contributed by atoms with Gasteiger partial charge in [0, 0.05) is 11.6 Å². The molecule has 2 rings (SSSR count). The van der Waals surface area contributed by atoms with Crippen molar-refractivity contribution in [2.45, 2.75) is 11.8 Å². The Labute approximate surface area is 154 Å². The molecule has 0 fully saturated rings. The van der Waals surface area contributed by atoms with E-state index in [1.54, 1.807) is 6.92 Å². The number of aryl methyl sites for hydroxylation is 1. The smallest absolute Gasteiger partial charge is 0.337 e. The molecule has 11 heteroatoms. The predicted octanol–water partition coefficient (Wildman–Crippen LogP) is 0.569. The third kappa shape index (κ3) is 3.98. The highest BCUT2D eigenvalue weighted by Gasteiger charge is 2.35. The van der Waals surface area contributed by atoms with E-state index in [2.05, 4.69) is 10.1 Å². The van der Waals surface area contributed by atoms with Gasteiger partial charge >= 0.3 is 5.97 Å². The number of carbonyl (C=O) groups is 2. The third-order valence-corrected chi connectivity index (χ3v) is 5.05. The number of nitrogens with zero attached hydrogens (tertiary/aromatic N) is 1. The topological polar surface area (TPSA) is 133 Å². The van der Waals surface area contributed by atoms with Gasteiger partial charge in [0.15, 0.2) is 0 Å². The molecule has 0 saturated carbocycles. The molecule has 142 valence electrons. The Bertz CT molecular complexity index is 896. The maximum atomic E-state index is 12.5. The van der Waals surface area contributed by atoms with Crippen LogP contribution in [0.1, 0.15) is 5.56 Å². The minimum Gasteiger partial charge on any atom is -0.466 e. The van der Waals surface area contributed by atoms with Crippen LogP contribution in [0.2, 0.25) is 5.02 Å². The summed E-state index contributed by atoms with van der Waals surface area (Å²) in [7, 11) is -3.49. The van der Waals surface area contributed by atoms with Gasteiger partial charge in [-0.15, -0.1) is 0 Å². The number of hydrogen-bond acceptors (Lipinski definition) is 7. The number of ether oxygens (including phenoxy) is 1. The number of benzene rings is 1. The zero-order valence-electron chi connectivity index (χ0n) is 13.9. The number of β-amino-alcohol motifs (C(OH)–C–C–N with tert-alkyl or cyclic N) is 1. The first-order valence-corrected chi connectivity index (χ1v) is 9.18. The van der Waals surface area contributed by atoms with Gasteiger partial charge in [0.2, 0.25) is 0 Å². The Morgan fingerprint density at radius 1 is 1.42 bits per heavy atom.